The number of amides is 2. The van der Waals surface area contributed by atoms with Crippen LogP contribution in [0.1, 0.15) is 11.5 Å². The van der Waals surface area contributed by atoms with Crippen molar-refractivity contribution in [2.75, 3.05) is 7.11 Å². The maximum Gasteiger partial charge on any atom is 0.241 e. The molecule has 0 aromatic heterocycles. The lowest BCUT2D eigenvalue weighted by atomic mass is 9.96. The smallest absolute Gasteiger partial charge is 0.241 e. The molecule has 2 atom stereocenters. The molecule has 2 unspecified atom stereocenters. The number of imide groups is 1. The maximum absolute atomic E-state index is 12.3. The van der Waals surface area contributed by atoms with E-state index >= 15 is 0 Å². The van der Waals surface area contributed by atoms with E-state index in [9.17, 15) is 9.59 Å². The number of thioether (sulfide) groups is 1. The minimum absolute atomic E-state index is 0.255. The van der Waals surface area contributed by atoms with Crippen molar-refractivity contribution in [2.45, 2.75) is 16.1 Å². The highest BCUT2D eigenvalue weighted by Gasteiger charge is 2.44. The van der Waals surface area contributed by atoms with Crippen molar-refractivity contribution >= 4 is 23.6 Å². The zero-order valence-electron chi connectivity index (χ0n) is 12.0. The second kappa shape index (κ2) is 6.23. The van der Waals surface area contributed by atoms with E-state index in [1.807, 2.05) is 48.5 Å². The van der Waals surface area contributed by atoms with E-state index in [2.05, 4.69) is 5.32 Å². The molecule has 4 nitrogen and oxygen atoms in total. The number of ether oxygens (including phenoxy) is 1. The molecule has 1 N–H and O–H groups in total. The molecule has 0 saturated carbocycles. The fourth-order valence-corrected chi connectivity index (χ4v) is 3.73. The Morgan fingerprint density at radius 1 is 0.955 bits per heavy atom. The summed E-state index contributed by atoms with van der Waals surface area (Å²) >= 11 is 1.40. The van der Waals surface area contributed by atoms with Gasteiger partial charge in [0, 0.05) is 10.5 Å². The molecule has 1 aliphatic heterocycles. The third-order valence-corrected chi connectivity index (χ3v) is 4.85. The molecule has 1 aliphatic rings. The summed E-state index contributed by atoms with van der Waals surface area (Å²) in [5, 5.41) is 1.94. The molecule has 5 heteroatoms. The Morgan fingerprint density at radius 3 is 2.36 bits per heavy atom. The summed E-state index contributed by atoms with van der Waals surface area (Å²) in [5.41, 5.74) is 0.738. The van der Waals surface area contributed by atoms with Crippen LogP contribution in [0.15, 0.2) is 59.5 Å². The summed E-state index contributed by atoms with van der Waals surface area (Å²) < 4.78 is 5.34. The molecule has 1 heterocycles. The number of para-hydroxylation sites is 1. The number of carbonyl (C=O) groups excluding carboxylic acids is 2. The first-order valence-corrected chi connectivity index (χ1v) is 7.78. The van der Waals surface area contributed by atoms with Gasteiger partial charge in [0.05, 0.1) is 13.0 Å². The third kappa shape index (κ3) is 2.72. The lowest BCUT2D eigenvalue weighted by Crippen LogP contribution is -2.22. The molecule has 3 rings (SSSR count). The van der Waals surface area contributed by atoms with Gasteiger partial charge in [-0.1, -0.05) is 36.4 Å². The van der Waals surface area contributed by atoms with Crippen LogP contribution in [0, 0.1) is 0 Å². The number of nitrogens with one attached hydrogen (secondary N) is 1. The lowest BCUT2D eigenvalue weighted by molar-refractivity contribution is -0.125. The molecule has 2 aromatic carbocycles. The van der Waals surface area contributed by atoms with E-state index in [4.69, 9.17) is 4.74 Å². The van der Waals surface area contributed by atoms with Crippen LogP contribution in [-0.2, 0) is 9.59 Å². The van der Waals surface area contributed by atoms with Gasteiger partial charge in [0.25, 0.3) is 0 Å². The molecule has 1 fully saturated rings. The minimum atomic E-state index is -0.547. The first kappa shape index (κ1) is 14.7. The summed E-state index contributed by atoms with van der Waals surface area (Å²) in [7, 11) is 1.56. The molecule has 2 aromatic rings. The standard InChI is InChI=1S/C17H15NO3S/c1-21-13-10-6-5-9-12(13)14-15(17(20)18-16(14)19)22-11-7-3-2-4-8-11/h2-10,14-15H,1H3,(H,18,19,20). The normalized spacial score (nSPS) is 20.8. The first-order chi connectivity index (χ1) is 10.7. The molecule has 0 spiro atoms. The van der Waals surface area contributed by atoms with Crippen LogP contribution in [0.3, 0.4) is 0 Å². The average molecular weight is 313 g/mol. The topological polar surface area (TPSA) is 55.4 Å². The van der Waals surface area contributed by atoms with Crippen molar-refractivity contribution in [1.82, 2.24) is 5.32 Å². The number of methoxy groups -OCH3 is 1. The molecule has 22 heavy (non-hydrogen) atoms. The van der Waals surface area contributed by atoms with Gasteiger partial charge >= 0.3 is 0 Å². The van der Waals surface area contributed by atoms with E-state index in [0.29, 0.717) is 5.75 Å². The van der Waals surface area contributed by atoms with Gasteiger partial charge in [-0.15, -0.1) is 11.8 Å². The minimum Gasteiger partial charge on any atom is -0.496 e. The van der Waals surface area contributed by atoms with Crippen LogP contribution in [-0.4, -0.2) is 24.2 Å². The van der Waals surface area contributed by atoms with Gasteiger partial charge in [0.2, 0.25) is 11.8 Å². The Kier molecular flexibility index (Phi) is 4.15. The number of carbonyl (C=O) groups is 2. The second-order valence-corrected chi connectivity index (χ2v) is 6.14. The summed E-state index contributed by atoms with van der Waals surface area (Å²) in [6.45, 7) is 0. The van der Waals surface area contributed by atoms with Crippen LogP contribution in [0.4, 0.5) is 0 Å². The van der Waals surface area contributed by atoms with Gasteiger partial charge in [-0.2, -0.15) is 0 Å². The Hall–Kier alpha value is -2.27. The zero-order valence-corrected chi connectivity index (χ0v) is 12.8. The van der Waals surface area contributed by atoms with E-state index in [1.165, 1.54) is 11.8 Å². The highest BCUT2D eigenvalue weighted by Crippen LogP contribution is 2.40. The lowest BCUT2D eigenvalue weighted by Gasteiger charge is -2.17. The summed E-state index contributed by atoms with van der Waals surface area (Å²) in [6.07, 6.45) is 0. The van der Waals surface area contributed by atoms with Gasteiger partial charge in [-0.05, 0) is 18.2 Å². The van der Waals surface area contributed by atoms with Crippen LogP contribution in [0.25, 0.3) is 0 Å². The molecule has 112 valence electrons. The monoisotopic (exact) mass is 313 g/mol. The fraction of sp³-hybridized carbons (Fsp3) is 0.176. The Balaban J connectivity index is 1.96. The highest BCUT2D eigenvalue weighted by atomic mass is 32.2. The highest BCUT2D eigenvalue weighted by molar-refractivity contribution is 8.00. The van der Waals surface area contributed by atoms with Gasteiger partial charge in [-0.3, -0.25) is 14.9 Å². The second-order valence-electron chi connectivity index (χ2n) is 4.92. The largest absolute Gasteiger partial charge is 0.496 e. The van der Waals surface area contributed by atoms with Crippen molar-refractivity contribution in [3.05, 3.63) is 60.2 Å². The Labute approximate surface area is 132 Å². The van der Waals surface area contributed by atoms with Gasteiger partial charge in [0.1, 0.15) is 11.0 Å². The van der Waals surface area contributed by atoms with Gasteiger partial charge in [-0.25, -0.2) is 0 Å². The van der Waals surface area contributed by atoms with Crippen LogP contribution in [0.5, 0.6) is 5.75 Å². The van der Waals surface area contributed by atoms with E-state index in [1.54, 1.807) is 13.2 Å². The quantitative estimate of drug-likeness (QED) is 0.882. The van der Waals surface area contributed by atoms with Crippen molar-refractivity contribution in [1.29, 1.82) is 0 Å². The summed E-state index contributed by atoms with van der Waals surface area (Å²) in [4.78, 5) is 25.4. The van der Waals surface area contributed by atoms with E-state index < -0.39 is 11.2 Å². The number of benzene rings is 2. The van der Waals surface area contributed by atoms with Crippen LogP contribution >= 0.6 is 11.8 Å². The Bertz CT molecular complexity index is 702. The fourth-order valence-electron chi connectivity index (χ4n) is 2.55. The van der Waals surface area contributed by atoms with Crippen molar-refractivity contribution < 1.29 is 14.3 Å². The predicted octanol–water partition coefficient (Wildman–Crippen LogP) is 2.60. The summed E-state index contributed by atoms with van der Waals surface area (Å²) in [6, 6.07) is 16.9. The van der Waals surface area contributed by atoms with Crippen molar-refractivity contribution in [3.8, 4) is 5.75 Å². The molecule has 0 radical (unpaired) electrons. The van der Waals surface area contributed by atoms with Crippen molar-refractivity contribution in [2.24, 2.45) is 0 Å². The average Bonchev–Trinajstić information content (AvgIpc) is 2.82. The molecule has 1 saturated heterocycles. The van der Waals surface area contributed by atoms with E-state index in [-0.39, 0.29) is 11.8 Å². The zero-order chi connectivity index (χ0) is 15.5. The SMILES string of the molecule is COc1ccccc1C1C(=O)NC(=O)C1Sc1ccccc1. The van der Waals surface area contributed by atoms with E-state index in [0.717, 1.165) is 10.5 Å². The summed E-state index contributed by atoms with van der Waals surface area (Å²) in [5.74, 6) is -0.456. The Morgan fingerprint density at radius 2 is 1.64 bits per heavy atom. The predicted molar refractivity (Wildman–Crippen MR) is 85.0 cm³/mol. The van der Waals surface area contributed by atoms with Crippen LogP contribution in [0.2, 0.25) is 0 Å². The molecule has 0 aliphatic carbocycles. The third-order valence-electron chi connectivity index (χ3n) is 3.57. The maximum atomic E-state index is 12.3. The van der Waals surface area contributed by atoms with Crippen molar-refractivity contribution in [3.63, 3.8) is 0 Å². The number of hydrogen-bond acceptors (Lipinski definition) is 4. The number of hydrogen-bond donors (Lipinski definition) is 1. The molecule has 0 bridgehead atoms. The molecular formula is C17H15NO3S. The first-order valence-electron chi connectivity index (χ1n) is 6.90. The van der Waals surface area contributed by atoms with Gasteiger partial charge in [0.15, 0.2) is 0 Å². The molecular weight excluding hydrogens is 298 g/mol. The van der Waals surface area contributed by atoms with Gasteiger partial charge < -0.3 is 4.74 Å². The van der Waals surface area contributed by atoms with Crippen LogP contribution < -0.4 is 10.1 Å². The molecule has 2 amide bonds. The number of rotatable bonds is 4.